The van der Waals surface area contributed by atoms with E-state index in [1.807, 2.05) is 18.2 Å². The lowest BCUT2D eigenvalue weighted by atomic mass is 9.85. The van der Waals surface area contributed by atoms with Gasteiger partial charge in [0.25, 0.3) is 5.91 Å². The number of nitrogens with zero attached hydrogens (tertiary/aromatic N) is 1. The summed E-state index contributed by atoms with van der Waals surface area (Å²) in [5.74, 6) is 0.309. The molecule has 1 heterocycles. The molecule has 2 amide bonds. The predicted octanol–water partition coefficient (Wildman–Crippen LogP) is 1.67. The minimum Gasteiger partial charge on any atom is -0.391 e. The van der Waals surface area contributed by atoms with Gasteiger partial charge in [-0.1, -0.05) is 12.5 Å². The van der Waals surface area contributed by atoms with Crippen LogP contribution in [-0.4, -0.2) is 47.1 Å². The molecule has 2 N–H and O–H groups in total. The minimum absolute atomic E-state index is 0.127. The number of amides is 2. The first-order valence-corrected chi connectivity index (χ1v) is 9.50. The van der Waals surface area contributed by atoms with E-state index >= 15 is 0 Å². The van der Waals surface area contributed by atoms with Gasteiger partial charge in [0.1, 0.15) is 6.04 Å². The zero-order valence-electron chi connectivity index (χ0n) is 14.5. The van der Waals surface area contributed by atoms with E-state index in [1.165, 1.54) is 30.4 Å². The van der Waals surface area contributed by atoms with Crippen molar-refractivity contribution in [3.63, 3.8) is 0 Å². The molecule has 5 nitrogen and oxygen atoms in total. The van der Waals surface area contributed by atoms with E-state index < -0.39 is 12.1 Å². The van der Waals surface area contributed by atoms with E-state index in [0.717, 1.165) is 19.3 Å². The van der Waals surface area contributed by atoms with Crippen LogP contribution in [0.3, 0.4) is 0 Å². The Bertz CT molecular complexity index is 684. The van der Waals surface area contributed by atoms with Crippen LogP contribution in [0.4, 0.5) is 0 Å². The molecule has 0 bridgehead atoms. The van der Waals surface area contributed by atoms with Crippen molar-refractivity contribution >= 4 is 11.8 Å². The fraction of sp³-hybridized carbons (Fsp3) is 0.600. The Morgan fingerprint density at radius 2 is 1.96 bits per heavy atom. The number of benzene rings is 1. The lowest BCUT2D eigenvalue weighted by molar-refractivity contribution is -0.125. The first-order valence-electron chi connectivity index (χ1n) is 9.50. The summed E-state index contributed by atoms with van der Waals surface area (Å²) in [6.07, 6.45) is 6.53. The van der Waals surface area contributed by atoms with Crippen molar-refractivity contribution < 1.29 is 14.7 Å². The van der Waals surface area contributed by atoms with Gasteiger partial charge in [0.15, 0.2) is 0 Å². The highest BCUT2D eigenvalue weighted by molar-refractivity contribution is 5.98. The van der Waals surface area contributed by atoms with Crippen LogP contribution in [-0.2, 0) is 17.6 Å². The normalized spacial score (nSPS) is 25.6. The first kappa shape index (κ1) is 16.6. The van der Waals surface area contributed by atoms with Gasteiger partial charge in [0, 0.05) is 25.1 Å². The van der Waals surface area contributed by atoms with Crippen molar-refractivity contribution in [2.75, 3.05) is 13.1 Å². The first-order chi connectivity index (χ1) is 12.1. The Morgan fingerprint density at radius 1 is 1.16 bits per heavy atom. The molecule has 2 unspecified atom stereocenters. The molecule has 0 spiro atoms. The van der Waals surface area contributed by atoms with Crippen LogP contribution in [0.2, 0.25) is 0 Å². The Morgan fingerprint density at radius 3 is 2.72 bits per heavy atom. The van der Waals surface area contributed by atoms with E-state index in [1.54, 1.807) is 4.90 Å². The number of carbonyl (C=O) groups excluding carboxylic acids is 2. The SMILES string of the molecule is O=C(NCC1CCC1)C1CC(O)CN1C(=O)c1ccc2c(c1)CCC2. The summed E-state index contributed by atoms with van der Waals surface area (Å²) in [4.78, 5) is 27.1. The van der Waals surface area contributed by atoms with Crippen LogP contribution in [0.15, 0.2) is 18.2 Å². The topological polar surface area (TPSA) is 69.6 Å². The summed E-state index contributed by atoms with van der Waals surface area (Å²) >= 11 is 0. The molecule has 4 rings (SSSR count). The van der Waals surface area contributed by atoms with E-state index in [-0.39, 0.29) is 18.4 Å². The number of aliphatic hydroxyl groups excluding tert-OH is 1. The summed E-state index contributed by atoms with van der Waals surface area (Å²) < 4.78 is 0. The summed E-state index contributed by atoms with van der Waals surface area (Å²) in [6.45, 7) is 0.920. The lowest BCUT2D eigenvalue weighted by Gasteiger charge is -2.28. The fourth-order valence-corrected chi connectivity index (χ4v) is 4.22. The molecule has 2 fully saturated rings. The fourth-order valence-electron chi connectivity index (χ4n) is 4.22. The molecule has 1 aromatic rings. The maximum absolute atomic E-state index is 12.9. The van der Waals surface area contributed by atoms with E-state index in [4.69, 9.17) is 0 Å². The zero-order valence-corrected chi connectivity index (χ0v) is 14.5. The zero-order chi connectivity index (χ0) is 17.4. The number of fused-ring (bicyclic) bond motifs is 1. The predicted molar refractivity (Wildman–Crippen MR) is 94.3 cm³/mol. The maximum atomic E-state index is 12.9. The molecule has 2 aliphatic carbocycles. The molecule has 1 aliphatic heterocycles. The number of likely N-dealkylation sites (tertiary alicyclic amines) is 1. The third-order valence-electron chi connectivity index (χ3n) is 5.98. The molecule has 134 valence electrons. The lowest BCUT2D eigenvalue weighted by Crippen LogP contribution is -2.47. The average molecular weight is 342 g/mol. The minimum atomic E-state index is -0.627. The van der Waals surface area contributed by atoms with Crippen LogP contribution in [0, 0.1) is 5.92 Å². The van der Waals surface area contributed by atoms with Gasteiger partial charge >= 0.3 is 0 Å². The Hall–Kier alpha value is -1.88. The van der Waals surface area contributed by atoms with E-state index in [0.29, 0.717) is 24.4 Å². The number of nitrogens with one attached hydrogen (secondary N) is 1. The molecule has 1 saturated heterocycles. The third kappa shape index (κ3) is 3.30. The van der Waals surface area contributed by atoms with E-state index in [2.05, 4.69) is 5.32 Å². The van der Waals surface area contributed by atoms with Crippen molar-refractivity contribution in [3.8, 4) is 0 Å². The second-order valence-electron chi connectivity index (χ2n) is 7.74. The Labute approximate surface area is 148 Å². The third-order valence-corrected chi connectivity index (χ3v) is 5.98. The van der Waals surface area contributed by atoms with Gasteiger partial charge in [0.2, 0.25) is 5.91 Å². The van der Waals surface area contributed by atoms with Crippen molar-refractivity contribution in [3.05, 3.63) is 34.9 Å². The Kier molecular flexibility index (Phi) is 4.50. The van der Waals surface area contributed by atoms with Crippen LogP contribution in [0.1, 0.15) is 53.6 Å². The van der Waals surface area contributed by atoms with Crippen LogP contribution in [0.5, 0.6) is 0 Å². The smallest absolute Gasteiger partial charge is 0.254 e. The van der Waals surface area contributed by atoms with Gasteiger partial charge in [-0.25, -0.2) is 0 Å². The van der Waals surface area contributed by atoms with Gasteiger partial charge < -0.3 is 15.3 Å². The molecule has 25 heavy (non-hydrogen) atoms. The molecule has 5 heteroatoms. The maximum Gasteiger partial charge on any atom is 0.254 e. The number of rotatable bonds is 4. The van der Waals surface area contributed by atoms with Crippen molar-refractivity contribution in [2.24, 2.45) is 5.92 Å². The van der Waals surface area contributed by atoms with Crippen LogP contribution in [0.25, 0.3) is 0 Å². The average Bonchev–Trinajstić information content (AvgIpc) is 3.18. The van der Waals surface area contributed by atoms with Gasteiger partial charge in [0.05, 0.1) is 6.10 Å². The number of aryl methyl sites for hydroxylation is 2. The van der Waals surface area contributed by atoms with Gasteiger partial charge in [-0.05, 0) is 61.3 Å². The second kappa shape index (κ2) is 6.79. The molecular weight excluding hydrogens is 316 g/mol. The number of hydrogen-bond acceptors (Lipinski definition) is 3. The highest BCUT2D eigenvalue weighted by atomic mass is 16.3. The number of carbonyl (C=O) groups is 2. The Balaban J connectivity index is 1.46. The van der Waals surface area contributed by atoms with Gasteiger partial charge in [-0.3, -0.25) is 9.59 Å². The van der Waals surface area contributed by atoms with E-state index in [9.17, 15) is 14.7 Å². The molecule has 1 saturated carbocycles. The van der Waals surface area contributed by atoms with Gasteiger partial charge in [-0.15, -0.1) is 0 Å². The highest BCUT2D eigenvalue weighted by Crippen LogP contribution is 2.27. The molecule has 3 aliphatic rings. The molecule has 0 radical (unpaired) electrons. The summed E-state index contributed by atoms with van der Waals surface area (Å²) in [6, 6.07) is 5.31. The molecule has 2 atom stereocenters. The quantitative estimate of drug-likeness (QED) is 0.874. The number of β-amino-alcohol motifs (C(OH)–C–C–N with tert-alkyl or cyclic N) is 1. The summed E-state index contributed by atoms with van der Waals surface area (Å²) in [5.41, 5.74) is 3.20. The van der Waals surface area contributed by atoms with Crippen LogP contribution >= 0.6 is 0 Å². The number of aliphatic hydroxyl groups is 1. The molecule has 0 aromatic heterocycles. The monoisotopic (exact) mass is 342 g/mol. The molecule has 1 aromatic carbocycles. The summed E-state index contributed by atoms with van der Waals surface area (Å²) in [5, 5.41) is 13.0. The summed E-state index contributed by atoms with van der Waals surface area (Å²) in [7, 11) is 0. The van der Waals surface area contributed by atoms with Crippen molar-refractivity contribution in [1.82, 2.24) is 10.2 Å². The second-order valence-corrected chi connectivity index (χ2v) is 7.74. The van der Waals surface area contributed by atoms with Crippen molar-refractivity contribution in [1.29, 1.82) is 0 Å². The highest BCUT2D eigenvalue weighted by Gasteiger charge is 2.39. The number of hydrogen-bond donors (Lipinski definition) is 2. The standard InChI is InChI=1S/C20H26N2O3/c23-17-10-18(19(24)21-11-13-3-1-4-13)22(12-17)20(25)16-8-7-14-5-2-6-15(14)9-16/h7-9,13,17-18,23H,1-6,10-12H2,(H,21,24). The van der Waals surface area contributed by atoms with Crippen molar-refractivity contribution in [2.45, 2.75) is 57.1 Å². The van der Waals surface area contributed by atoms with Gasteiger partial charge in [-0.2, -0.15) is 0 Å². The largest absolute Gasteiger partial charge is 0.391 e. The molecular formula is C20H26N2O3. The van der Waals surface area contributed by atoms with Crippen LogP contribution < -0.4 is 5.32 Å².